The van der Waals surface area contributed by atoms with Crippen molar-refractivity contribution < 1.29 is 9.59 Å². The Hall–Kier alpha value is -2.63. The fourth-order valence-corrected chi connectivity index (χ4v) is 1.91. The molecule has 3 N–H and O–H groups in total. The number of nitrogens with zero attached hydrogens (tertiary/aromatic N) is 1. The zero-order chi connectivity index (χ0) is 17.0. The molecule has 23 heavy (non-hydrogen) atoms. The van der Waals surface area contributed by atoms with Crippen LogP contribution in [0.3, 0.4) is 0 Å². The van der Waals surface area contributed by atoms with Crippen molar-refractivity contribution in [3.8, 4) is 11.3 Å². The topological polar surface area (TPSA) is 86.9 Å². The highest BCUT2D eigenvalue weighted by Crippen LogP contribution is 2.20. The number of anilines is 1. The van der Waals surface area contributed by atoms with E-state index in [9.17, 15) is 9.59 Å². The molecule has 1 atom stereocenters. The summed E-state index contributed by atoms with van der Waals surface area (Å²) >= 11 is 0. The third-order valence-corrected chi connectivity index (χ3v) is 3.36. The first-order chi connectivity index (χ1) is 10.8. The molecule has 6 nitrogen and oxygen atoms in total. The van der Waals surface area contributed by atoms with Crippen LogP contribution in [0.1, 0.15) is 27.7 Å². The molecule has 0 spiro atoms. The molecule has 1 heterocycles. The van der Waals surface area contributed by atoms with Gasteiger partial charge in [-0.2, -0.15) is 5.10 Å². The van der Waals surface area contributed by atoms with Crippen molar-refractivity contribution in [2.45, 2.75) is 33.7 Å². The molecule has 0 fully saturated rings. The summed E-state index contributed by atoms with van der Waals surface area (Å²) in [5, 5.41) is 12.3. The molecule has 0 aliphatic heterocycles. The summed E-state index contributed by atoms with van der Waals surface area (Å²) < 4.78 is 0. The van der Waals surface area contributed by atoms with Crippen LogP contribution in [-0.4, -0.2) is 28.1 Å². The predicted molar refractivity (Wildman–Crippen MR) is 89.7 cm³/mol. The number of aromatic nitrogens is 2. The van der Waals surface area contributed by atoms with Crippen molar-refractivity contribution in [3.05, 3.63) is 36.5 Å². The lowest BCUT2D eigenvalue weighted by Gasteiger charge is -2.21. The maximum Gasteiger partial charge on any atom is 0.246 e. The van der Waals surface area contributed by atoms with Gasteiger partial charge in [-0.15, -0.1) is 0 Å². The van der Waals surface area contributed by atoms with E-state index in [-0.39, 0.29) is 11.8 Å². The number of benzene rings is 1. The SMILES string of the molecule is C[C@H](NC(=O)C(C)(C)C)C(=O)Nc1cccc(-c2ccn[nH]2)c1. The Morgan fingerprint density at radius 1 is 1.22 bits per heavy atom. The van der Waals surface area contributed by atoms with Crippen molar-refractivity contribution in [1.29, 1.82) is 0 Å². The van der Waals surface area contributed by atoms with Gasteiger partial charge < -0.3 is 10.6 Å². The van der Waals surface area contributed by atoms with E-state index in [0.29, 0.717) is 5.69 Å². The fraction of sp³-hybridized carbons (Fsp3) is 0.353. The quantitative estimate of drug-likeness (QED) is 0.810. The summed E-state index contributed by atoms with van der Waals surface area (Å²) in [5.74, 6) is -0.421. The van der Waals surface area contributed by atoms with Crippen molar-refractivity contribution in [2.75, 3.05) is 5.32 Å². The molecule has 0 aliphatic rings. The number of aromatic amines is 1. The van der Waals surface area contributed by atoms with Crippen molar-refractivity contribution >= 4 is 17.5 Å². The minimum atomic E-state index is -0.613. The highest BCUT2D eigenvalue weighted by Gasteiger charge is 2.25. The molecule has 6 heteroatoms. The molecule has 2 amide bonds. The second-order valence-corrected chi connectivity index (χ2v) is 6.49. The van der Waals surface area contributed by atoms with Crippen LogP contribution in [0, 0.1) is 5.41 Å². The van der Waals surface area contributed by atoms with Crippen molar-refractivity contribution in [3.63, 3.8) is 0 Å². The Morgan fingerprint density at radius 3 is 2.57 bits per heavy atom. The van der Waals surface area contributed by atoms with E-state index >= 15 is 0 Å². The normalized spacial score (nSPS) is 12.5. The van der Waals surface area contributed by atoms with E-state index in [1.54, 1.807) is 40.0 Å². The first-order valence-electron chi connectivity index (χ1n) is 7.49. The monoisotopic (exact) mass is 314 g/mol. The lowest BCUT2D eigenvalue weighted by atomic mass is 9.95. The predicted octanol–water partition coefficient (Wildman–Crippen LogP) is 2.57. The van der Waals surface area contributed by atoms with Gasteiger partial charge in [0.1, 0.15) is 6.04 Å². The summed E-state index contributed by atoms with van der Waals surface area (Å²) in [6.07, 6.45) is 1.67. The van der Waals surface area contributed by atoms with Gasteiger partial charge >= 0.3 is 0 Å². The fourth-order valence-electron chi connectivity index (χ4n) is 1.91. The van der Waals surface area contributed by atoms with Crippen LogP contribution in [0.15, 0.2) is 36.5 Å². The van der Waals surface area contributed by atoms with Crippen LogP contribution >= 0.6 is 0 Å². The van der Waals surface area contributed by atoms with E-state index in [4.69, 9.17) is 0 Å². The summed E-state index contributed by atoms with van der Waals surface area (Å²) in [5.41, 5.74) is 1.93. The standard InChI is InChI=1S/C17H22N4O2/c1-11(19-16(23)17(2,3)4)15(22)20-13-7-5-6-12(10-13)14-8-9-18-21-14/h5-11H,1-4H3,(H,18,21)(H,19,23)(H,20,22)/t11-/m0/s1. The number of hydrogen-bond donors (Lipinski definition) is 3. The maximum absolute atomic E-state index is 12.2. The third-order valence-electron chi connectivity index (χ3n) is 3.36. The molecule has 0 bridgehead atoms. The van der Waals surface area contributed by atoms with Crippen molar-refractivity contribution in [2.24, 2.45) is 5.41 Å². The molecule has 2 aromatic rings. The number of H-pyrrole nitrogens is 1. The summed E-state index contributed by atoms with van der Waals surface area (Å²) in [6.45, 7) is 7.08. The van der Waals surface area contributed by atoms with Crippen LogP contribution in [0.4, 0.5) is 5.69 Å². The molecule has 1 aromatic heterocycles. The highest BCUT2D eigenvalue weighted by molar-refractivity contribution is 5.97. The average molecular weight is 314 g/mol. The molecule has 0 unspecified atom stereocenters. The minimum absolute atomic E-state index is 0.161. The van der Waals surface area contributed by atoms with Gasteiger partial charge in [0.05, 0.1) is 5.69 Å². The number of carbonyl (C=O) groups excluding carboxylic acids is 2. The largest absolute Gasteiger partial charge is 0.344 e. The van der Waals surface area contributed by atoms with E-state index in [2.05, 4.69) is 20.8 Å². The minimum Gasteiger partial charge on any atom is -0.344 e. The number of nitrogens with one attached hydrogen (secondary N) is 3. The van der Waals surface area contributed by atoms with Crippen LogP contribution in [0.5, 0.6) is 0 Å². The molecule has 0 radical (unpaired) electrons. The van der Waals surface area contributed by atoms with Crippen LogP contribution in [0.2, 0.25) is 0 Å². The Bertz CT molecular complexity index is 687. The number of carbonyl (C=O) groups is 2. The summed E-state index contributed by atoms with van der Waals surface area (Å²) in [4.78, 5) is 24.2. The Kier molecular flexibility index (Phi) is 4.83. The molecule has 2 rings (SSSR count). The van der Waals surface area contributed by atoms with Crippen LogP contribution < -0.4 is 10.6 Å². The molecule has 0 aliphatic carbocycles. The number of hydrogen-bond acceptors (Lipinski definition) is 3. The van der Waals surface area contributed by atoms with E-state index in [1.807, 2.05) is 24.3 Å². The summed E-state index contributed by atoms with van der Waals surface area (Å²) in [6, 6.07) is 8.67. The zero-order valence-corrected chi connectivity index (χ0v) is 13.8. The Balaban J connectivity index is 2.03. The van der Waals surface area contributed by atoms with Gasteiger partial charge in [-0.25, -0.2) is 0 Å². The average Bonchev–Trinajstić information content (AvgIpc) is 3.00. The van der Waals surface area contributed by atoms with Gasteiger partial charge in [-0.3, -0.25) is 14.7 Å². The van der Waals surface area contributed by atoms with E-state index < -0.39 is 11.5 Å². The van der Waals surface area contributed by atoms with Gasteiger partial charge in [0.2, 0.25) is 11.8 Å². The Morgan fingerprint density at radius 2 is 1.96 bits per heavy atom. The van der Waals surface area contributed by atoms with Crippen LogP contribution in [0.25, 0.3) is 11.3 Å². The molecule has 0 saturated heterocycles. The first-order valence-corrected chi connectivity index (χ1v) is 7.49. The zero-order valence-electron chi connectivity index (χ0n) is 13.8. The highest BCUT2D eigenvalue weighted by atomic mass is 16.2. The van der Waals surface area contributed by atoms with E-state index in [1.165, 1.54) is 0 Å². The van der Waals surface area contributed by atoms with Gasteiger partial charge in [-0.05, 0) is 25.1 Å². The van der Waals surface area contributed by atoms with Gasteiger partial charge in [-0.1, -0.05) is 32.9 Å². The molecule has 1 aromatic carbocycles. The number of amides is 2. The van der Waals surface area contributed by atoms with Crippen molar-refractivity contribution in [1.82, 2.24) is 15.5 Å². The third kappa shape index (κ3) is 4.42. The second-order valence-electron chi connectivity index (χ2n) is 6.49. The van der Waals surface area contributed by atoms with Gasteiger partial charge in [0.15, 0.2) is 0 Å². The van der Waals surface area contributed by atoms with Crippen LogP contribution in [-0.2, 0) is 9.59 Å². The second kappa shape index (κ2) is 6.64. The maximum atomic E-state index is 12.2. The van der Waals surface area contributed by atoms with E-state index in [0.717, 1.165) is 11.3 Å². The molecular weight excluding hydrogens is 292 g/mol. The van der Waals surface area contributed by atoms with Gasteiger partial charge in [0, 0.05) is 22.9 Å². The molecule has 0 saturated carbocycles. The molecular formula is C17H22N4O2. The first kappa shape index (κ1) is 16.7. The Labute approximate surface area is 135 Å². The molecule has 122 valence electrons. The lowest BCUT2D eigenvalue weighted by molar-refractivity contribution is -0.131. The lowest BCUT2D eigenvalue weighted by Crippen LogP contribution is -2.46. The smallest absolute Gasteiger partial charge is 0.246 e. The summed E-state index contributed by atoms with van der Waals surface area (Å²) in [7, 11) is 0. The van der Waals surface area contributed by atoms with Gasteiger partial charge in [0.25, 0.3) is 0 Å². The number of rotatable bonds is 4.